The zero-order valence-electron chi connectivity index (χ0n) is 10.8. The molecule has 0 aliphatic heterocycles. The van der Waals surface area contributed by atoms with Crippen LogP contribution in [0.2, 0.25) is 0 Å². The molecule has 0 saturated carbocycles. The van der Waals surface area contributed by atoms with Gasteiger partial charge in [0.05, 0.1) is 11.0 Å². The van der Waals surface area contributed by atoms with Crippen LogP contribution >= 0.6 is 0 Å². The average molecular weight is 252 g/mol. The van der Waals surface area contributed by atoms with E-state index in [0.717, 1.165) is 18.5 Å². The number of nitro benzene ring substituents is 1. The van der Waals surface area contributed by atoms with Gasteiger partial charge in [-0.1, -0.05) is 26.0 Å². The van der Waals surface area contributed by atoms with Gasteiger partial charge in [0.1, 0.15) is 0 Å². The predicted molar refractivity (Wildman–Crippen MR) is 70.5 cm³/mol. The van der Waals surface area contributed by atoms with Crippen LogP contribution in [0.25, 0.3) is 0 Å². The van der Waals surface area contributed by atoms with E-state index < -0.39 is 4.92 Å². The number of aliphatic hydroxyl groups excluding tert-OH is 1. The number of nitro groups is 1. The Morgan fingerprint density at radius 2 is 1.94 bits per heavy atom. The van der Waals surface area contributed by atoms with Crippen molar-refractivity contribution < 1.29 is 10.0 Å². The van der Waals surface area contributed by atoms with Crippen LogP contribution in [0.4, 0.5) is 5.69 Å². The van der Waals surface area contributed by atoms with Gasteiger partial charge in [0.15, 0.2) is 0 Å². The molecule has 0 bridgehead atoms. The Morgan fingerprint density at radius 1 is 1.33 bits per heavy atom. The number of rotatable bonds is 7. The van der Waals surface area contributed by atoms with Gasteiger partial charge in [0.2, 0.25) is 0 Å². The topological polar surface area (TPSA) is 75.4 Å². The van der Waals surface area contributed by atoms with Crippen molar-refractivity contribution in [2.24, 2.45) is 5.92 Å². The quantitative estimate of drug-likeness (QED) is 0.440. The van der Waals surface area contributed by atoms with E-state index in [1.807, 2.05) is 13.8 Å². The summed E-state index contributed by atoms with van der Waals surface area (Å²) in [6.45, 7) is 5.28. The first-order valence-corrected chi connectivity index (χ1v) is 6.13. The van der Waals surface area contributed by atoms with E-state index in [9.17, 15) is 15.2 Å². The molecule has 0 spiro atoms. The zero-order chi connectivity index (χ0) is 13.5. The first kappa shape index (κ1) is 14.6. The van der Waals surface area contributed by atoms with Gasteiger partial charge in [-0.3, -0.25) is 10.1 Å². The van der Waals surface area contributed by atoms with E-state index >= 15 is 0 Å². The molecule has 0 radical (unpaired) electrons. The Kier molecular flexibility index (Phi) is 5.74. The third-order valence-corrected chi connectivity index (χ3v) is 2.86. The van der Waals surface area contributed by atoms with Crippen LogP contribution in [0.3, 0.4) is 0 Å². The molecule has 0 saturated heterocycles. The maximum Gasteiger partial charge on any atom is 0.269 e. The summed E-state index contributed by atoms with van der Waals surface area (Å²) in [7, 11) is 0. The molecule has 0 fully saturated rings. The van der Waals surface area contributed by atoms with Gasteiger partial charge in [-0.2, -0.15) is 0 Å². The van der Waals surface area contributed by atoms with Crippen molar-refractivity contribution in [1.82, 2.24) is 5.32 Å². The minimum absolute atomic E-state index is 0.113. The minimum atomic E-state index is -0.402. The van der Waals surface area contributed by atoms with Crippen molar-refractivity contribution in [2.45, 2.75) is 26.4 Å². The maximum atomic E-state index is 10.5. The van der Waals surface area contributed by atoms with Crippen LogP contribution in [-0.2, 0) is 6.42 Å². The number of aliphatic hydroxyl groups is 1. The second-order valence-corrected chi connectivity index (χ2v) is 4.69. The zero-order valence-corrected chi connectivity index (χ0v) is 10.8. The highest BCUT2D eigenvalue weighted by molar-refractivity contribution is 5.32. The molecule has 2 N–H and O–H groups in total. The van der Waals surface area contributed by atoms with Crippen LogP contribution in [0.15, 0.2) is 24.3 Å². The van der Waals surface area contributed by atoms with Gasteiger partial charge in [0.25, 0.3) is 5.69 Å². The summed E-state index contributed by atoms with van der Waals surface area (Å²) < 4.78 is 0. The van der Waals surface area contributed by atoms with E-state index in [-0.39, 0.29) is 17.7 Å². The molecule has 0 aromatic heterocycles. The van der Waals surface area contributed by atoms with E-state index in [1.54, 1.807) is 12.1 Å². The maximum absolute atomic E-state index is 10.5. The van der Waals surface area contributed by atoms with E-state index in [4.69, 9.17) is 0 Å². The van der Waals surface area contributed by atoms with E-state index in [0.29, 0.717) is 6.54 Å². The number of benzene rings is 1. The standard InChI is InChI=1S/C13H20N2O3/c1-10(2)13(16)9-14-8-7-11-3-5-12(6-4-11)15(17)18/h3-6,10,13-14,16H,7-9H2,1-2H3. The van der Waals surface area contributed by atoms with Crippen molar-refractivity contribution >= 4 is 5.69 Å². The Hall–Kier alpha value is -1.46. The molecule has 0 heterocycles. The van der Waals surface area contributed by atoms with Gasteiger partial charge in [-0.25, -0.2) is 0 Å². The summed E-state index contributed by atoms with van der Waals surface area (Å²) in [5.74, 6) is 0.247. The third-order valence-electron chi connectivity index (χ3n) is 2.86. The summed E-state index contributed by atoms with van der Waals surface area (Å²) in [5.41, 5.74) is 1.16. The lowest BCUT2D eigenvalue weighted by Gasteiger charge is -2.14. The second-order valence-electron chi connectivity index (χ2n) is 4.69. The van der Waals surface area contributed by atoms with E-state index in [2.05, 4.69) is 5.32 Å². The lowest BCUT2D eigenvalue weighted by atomic mass is 10.1. The summed E-state index contributed by atoms with van der Waals surface area (Å²) in [4.78, 5) is 10.1. The lowest BCUT2D eigenvalue weighted by molar-refractivity contribution is -0.384. The highest BCUT2D eigenvalue weighted by atomic mass is 16.6. The molecule has 0 aliphatic rings. The molecule has 5 heteroatoms. The van der Waals surface area contributed by atoms with Crippen LogP contribution in [0.1, 0.15) is 19.4 Å². The molecule has 1 unspecified atom stereocenters. The fraction of sp³-hybridized carbons (Fsp3) is 0.538. The monoisotopic (exact) mass is 252 g/mol. The van der Waals surface area contributed by atoms with Crippen molar-refractivity contribution in [2.75, 3.05) is 13.1 Å². The number of non-ortho nitro benzene ring substituents is 1. The van der Waals surface area contributed by atoms with Crippen LogP contribution in [0, 0.1) is 16.0 Å². The second kappa shape index (κ2) is 7.08. The Labute approximate surface area is 107 Å². The molecule has 100 valence electrons. The first-order chi connectivity index (χ1) is 8.50. The Balaban J connectivity index is 2.29. The average Bonchev–Trinajstić information content (AvgIpc) is 2.34. The van der Waals surface area contributed by atoms with Gasteiger partial charge in [-0.05, 0) is 24.4 Å². The largest absolute Gasteiger partial charge is 0.392 e. The van der Waals surface area contributed by atoms with Gasteiger partial charge >= 0.3 is 0 Å². The predicted octanol–water partition coefficient (Wildman–Crippen LogP) is 1.74. The molecule has 0 aliphatic carbocycles. The van der Waals surface area contributed by atoms with Crippen LogP contribution < -0.4 is 5.32 Å². The Bertz CT molecular complexity index is 376. The molecule has 1 rings (SSSR count). The third kappa shape index (κ3) is 4.81. The lowest BCUT2D eigenvalue weighted by Crippen LogP contribution is -2.31. The summed E-state index contributed by atoms with van der Waals surface area (Å²) >= 11 is 0. The SMILES string of the molecule is CC(C)C(O)CNCCc1ccc([N+](=O)[O-])cc1. The van der Waals surface area contributed by atoms with Crippen LogP contribution in [-0.4, -0.2) is 29.2 Å². The fourth-order valence-electron chi connectivity index (χ4n) is 1.50. The molecule has 18 heavy (non-hydrogen) atoms. The molecular weight excluding hydrogens is 232 g/mol. The number of nitrogens with one attached hydrogen (secondary N) is 1. The van der Waals surface area contributed by atoms with Crippen molar-refractivity contribution in [1.29, 1.82) is 0 Å². The molecule has 1 aromatic carbocycles. The summed E-state index contributed by atoms with van der Waals surface area (Å²) in [6.07, 6.45) is 0.463. The number of hydrogen-bond acceptors (Lipinski definition) is 4. The minimum Gasteiger partial charge on any atom is -0.392 e. The van der Waals surface area contributed by atoms with Gasteiger partial charge in [-0.15, -0.1) is 0 Å². The molecule has 5 nitrogen and oxygen atoms in total. The number of hydrogen-bond donors (Lipinski definition) is 2. The van der Waals surface area contributed by atoms with Gasteiger partial charge in [0, 0.05) is 18.7 Å². The molecular formula is C13H20N2O3. The molecule has 1 atom stereocenters. The van der Waals surface area contributed by atoms with Crippen LogP contribution in [0.5, 0.6) is 0 Å². The Morgan fingerprint density at radius 3 is 2.44 bits per heavy atom. The fourth-order valence-corrected chi connectivity index (χ4v) is 1.50. The summed E-state index contributed by atoms with van der Waals surface area (Å²) in [6, 6.07) is 6.55. The van der Waals surface area contributed by atoms with E-state index in [1.165, 1.54) is 12.1 Å². The summed E-state index contributed by atoms with van der Waals surface area (Å²) in [5, 5.41) is 23.2. The molecule has 1 aromatic rings. The molecule has 0 amide bonds. The van der Waals surface area contributed by atoms with Crippen molar-refractivity contribution in [3.05, 3.63) is 39.9 Å². The highest BCUT2D eigenvalue weighted by Crippen LogP contribution is 2.11. The van der Waals surface area contributed by atoms with Gasteiger partial charge < -0.3 is 10.4 Å². The highest BCUT2D eigenvalue weighted by Gasteiger charge is 2.08. The number of nitrogens with zero attached hydrogens (tertiary/aromatic N) is 1. The smallest absolute Gasteiger partial charge is 0.269 e. The normalized spacial score (nSPS) is 12.7. The van der Waals surface area contributed by atoms with Crippen molar-refractivity contribution in [3.8, 4) is 0 Å². The van der Waals surface area contributed by atoms with Crippen molar-refractivity contribution in [3.63, 3.8) is 0 Å². The first-order valence-electron chi connectivity index (χ1n) is 6.13.